The van der Waals surface area contributed by atoms with Crippen LogP contribution in [0.1, 0.15) is 69.3 Å². The molecule has 0 aliphatic heterocycles. The highest BCUT2D eigenvalue weighted by atomic mass is 16.5. The van der Waals surface area contributed by atoms with E-state index >= 15 is 0 Å². The zero-order chi connectivity index (χ0) is 19.4. The lowest BCUT2D eigenvalue weighted by Gasteiger charge is -2.27. The Hall–Kier alpha value is -2.24. The maximum atomic E-state index is 11.5. The molecule has 0 radical (unpaired) electrons. The summed E-state index contributed by atoms with van der Waals surface area (Å²) in [4.78, 5) is 23.1. The number of ether oxygens (including phenoxy) is 2. The van der Waals surface area contributed by atoms with Crippen molar-refractivity contribution in [1.82, 2.24) is 0 Å². The van der Waals surface area contributed by atoms with Gasteiger partial charge in [-0.2, -0.15) is 0 Å². The fraction of sp³-hybridized carbons (Fsp3) is 0.619. The third kappa shape index (κ3) is 4.73. The van der Waals surface area contributed by atoms with Crippen molar-refractivity contribution in [3.8, 4) is 11.5 Å². The second kappa shape index (κ2) is 8.19. The van der Waals surface area contributed by atoms with Gasteiger partial charge in [0.1, 0.15) is 0 Å². The molecule has 1 atom stereocenters. The van der Waals surface area contributed by atoms with Crippen LogP contribution in [0.4, 0.5) is 0 Å². The molecule has 1 aromatic carbocycles. The number of nitrogens with two attached hydrogens (primary N) is 2. The van der Waals surface area contributed by atoms with Gasteiger partial charge in [0.15, 0.2) is 11.5 Å². The van der Waals surface area contributed by atoms with Crippen molar-refractivity contribution in [2.75, 3.05) is 7.11 Å². The predicted molar refractivity (Wildman–Crippen MR) is 103 cm³/mol. The van der Waals surface area contributed by atoms with E-state index in [-0.39, 0.29) is 36.7 Å². The maximum Gasteiger partial charge on any atom is 0.217 e. The molecule has 2 fully saturated rings. The molecule has 0 saturated heterocycles. The van der Waals surface area contributed by atoms with Gasteiger partial charge in [-0.1, -0.05) is 6.07 Å². The Morgan fingerprint density at radius 3 is 2.33 bits per heavy atom. The Kier molecular flexibility index (Phi) is 5.92. The van der Waals surface area contributed by atoms with Crippen molar-refractivity contribution < 1.29 is 19.1 Å². The van der Waals surface area contributed by atoms with Crippen LogP contribution < -0.4 is 20.9 Å². The van der Waals surface area contributed by atoms with Gasteiger partial charge in [-0.15, -0.1) is 0 Å². The highest BCUT2D eigenvalue weighted by Gasteiger charge is 2.42. The molecule has 1 unspecified atom stereocenters. The summed E-state index contributed by atoms with van der Waals surface area (Å²) in [6.45, 7) is 0. The van der Waals surface area contributed by atoms with Gasteiger partial charge in [0.05, 0.1) is 13.2 Å². The van der Waals surface area contributed by atoms with Crippen LogP contribution in [0.2, 0.25) is 0 Å². The van der Waals surface area contributed by atoms with E-state index < -0.39 is 5.41 Å². The molecule has 0 aromatic heterocycles. The zero-order valence-corrected chi connectivity index (χ0v) is 16.0. The van der Waals surface area contributed by atoms with Gasteiger partial charge < -0.3 is 20.9 Å². The van der Waals surface area contributed by atoms with E-state index in [9.17, 15) is 9.59 Å². The lowest BCUT2D eigenvalue weighted by molar-refractivity contribution is -0.123. The summed E-state index contributed by atoms with van der Waals surface area (Å²) in [6, 6.07) is 6.06. The number of rotatable bonds is 8. The van der Waals surface area contributed by atoms with E-state index in [1.54, 1.807) is 7.11 Å². The number of hydrogen-bond donors (Lipinski definition) is 2. The van der Waals surface area contributed by atoms with E-state index in [4.69, 9.17) is 20.9 Å². The molecule has 2 amide bonds. The van der Waals surface area contributed by atoms with Crippen molar-refractivity contribution in [2.24, 2.45) is 16.9 Å². The second-order valence-corrected chi connectivity index (χ2v) is 8.16. The molecule has 3 rings (SSSR count). The SMILES string of the molecule is COc1ccc(C2CCC(CC(N)=O)(CC(N)=O)C2)cc1OC1CCCC1. The standard InChI is InChI=1S/C21H30N2O4/c1-26-17-7-6-14(10-18(17)27-16-4-2-3-5-16)15-8-9-21(11-15,12-19(22)24)13-20(23)25/h6-7,10,15-16H,2-5,8-9,11-13H2,1H3,(H2,22,24)(H2,23,25). The number of carbonyl (C=O) groups excluding carboxylic acids is 2. The minimum absolute atomic E-state index is 0.202. The van der Waals surface area contributed by atoms with Gasteiger partial charge in [0.25, 0.3) is 0 Å². The molecule has 0 spiro atoms. The summed E-state index contributed by atoms with van der Waals surface area (Å²) < 4.78 is 11.7. The molecule has 4 N–H and O–H groups in total. The molecule has 0 heterocycles. The summed E-state index contributed by atoms with van der Waals surface area (Å²) in [7, 11) is 1.65. The van der Waals surface area contributed by atoms with Crippen LogP contribution in [0.3, 0.4) is 0 Å². The van der Waals surface area contributed by atoms with Gasteiger partial charge in [-0.05, 0) is 74.0 Å². The van der Waals surface area contributed by atoms with Gasteiger partial charge in [-0.3, -0.25) is 9.59 Å². The van der Waals surface area contributed by atoms with Gasteiger partial charge >= 0.3 is 0 Å². The van der Waals surface area contributed by atoms with E-state index in [1.165, 1.54) is 12.8 Å². The van der Waals surface area contributed by atoms with Gasteiger partial charge in [-0.25, -0.2) is 0 Å². The van der Waals surface area contributed by atoms with Gasteiger partial charge in [0, 0.05) is 12.8 Å². The fourth-order valence-electron chi connectivity index (χ4n) is 4.84. The third-order valence-corrected chi connectivity index (χ3v) is 6.06. The molecule has 6 heteroatoms. The number of primary amides is 2. The van der Waals surface area contributed by atoms with Crippen molar-refractivity contribution in [2.45, 2.75) is 69.8 Å². The molecule has 0 bridgehead atoms. The van der Waals surface area contributed by atoms with Crippen LogP contribution in [-0.4, -0.2) is 25.0 Å². The molecule has 2 aliphatic carbocycles. The van der Waals surface area contributed by atoms with E-state index in [2.05, 4.69) is 12.1 Å². The quantitative estimate of drug-likeness (QED) is 0.729. The Labute approximate surface area is 160 Å². The lowest BCUT2D eigenvalue weighted by Crippen LogP contribution is -2.30. The highest BCUT2D eigenvalue weighted by Crippen LogP contribution is 2.51. The average molecular weight is 374 g/mol. The van der Waals surface area contributed by atoms with Crippen LogP contribution in [-0.2, 0) is 9.59 Å². The van der Waals surface area contributed by atoms with Crippen LogP contribution in [0.25, 0.3) is 0 Å². The van der Waals surface area contributed by atoms with Crippen LogP contribution >= 0.6 is 0 Å². The number of methoxy groups -OCH3 is 1. The smallest absolute Gasteiger partial charge is 0.217 e. The number of carbonyl (C=O) groups is 2. The Balaban J connectivity index is 1.79. The highest BCUT2D eigenvalue weighted by molar-refractivity contribution is 5.78. The van der Waals surface area contributed by atoms with Crippen molar-refractivity contribution >= 4 is 11.8 Å². The molecule has 2 saturated carbocycles. The molecule has 148 valence electrons. The number of hydrogen-bond acceptors (Lipinski definition) is 4. The first-order chi connectivity index (χ1) is 12.9. The van der Waals surface area contributed by atoms with Crippen molar-refractivity contribution in [3.05, 3.63) is 23.8 Å². The first-order valence-electron chi connectivity index (χ1n) is 9.82. The normalized spacial score (nSPS) is 21.9. The fourth-order valence-corrected chi connectivity index (χ4v) is 4.84. The Morgan fingerprint density at radius 1 is 1.07 bits per heavy atom. The first kappa shape index (κ1) is 19.5. The average Bonchev–Trinajstić information content (AvgIpc) is 3.24. The van der Waals surface area contributed by atoms with E-state index in [0.717, 1.165) is 49.2 Å². The summed E-state index contributed by atoms with van der Waals surface area (Å²) in [5.74, 6) is 1.02. The summed E-state index contributed by atoms with van der Waals surface area (Å²) >= 11 is 0. The van der Waals surface area contributed by atoms with E-state index in [0.29, 0.717) is 0 Å². The topological polar surface area (TPSA) is 105 Å². The molecular formula is C21H30N2O4. The molecule has 6 nitrogen and oxygen atoms in total. The monoisotopic (exact) mass is 374 g/mol. The molecular weight excluding hydrogens is 344 g/mol. The molecule has 27 heavy (non-hydrogen) atoms. The van der Waals surface area contributed by atoms with Crippen molar-refractivity contribution in [3.63, 3.8) is 0 Å². The minimum atomic E-state index is -0.422. The maximum absolute atomic E-state index is 11.5. The van der Waals surface area contributed by atoms with Crippen LogP contribution in [0.5, 0.6) is 11.5 Å². The lowest BCUT2D eigenvalue weighted by atomic mass is 9.77. The Bertz CT molecular complexity index is 681. The summed E-state index contributed by atoms with van der Waals surface area (Å²) in [6.07, 6.45) is 7.63. The van der Waals surface area contributed by atoms with Gasteiger partial charge in [0.2, 0.25) is 11.8 Å². The number of benzene rings is 1. The molecule has 2 aliphatic rings. The third-order valence-electron chi connectivity index (χ3n) is 6.06. The van der Waals surface area contributed by atoms with Crippen molar-refractivity contribution in [1.29, 1.82) is 0 Å². The Morgan fingerprint density at radius 2 is 1.74 bits per heavy atom. The number of amides is 2. The van der Waals surface area contributed by atoms with E-state index in [1.807, 2.05) is 6.07 Å². The zero-order valence-electron chi connectivity index (χ0n) is 16.0. The minimum Gasteiger partial charge on any atom is -0.493 e. The largest absolute Gasteiger partial charge is 0.493 e. The van der Waals surface area contributed by atoms with Crippen LogP contribution in [0.15, 0.2) is 18.2 Å². The summed E-state index contributed by atoms with van der Waals surface area (Å²) in [5.41, 5.74) is 11.6. The van der Waals surface area contributed by atoms with Crippen LogP contribution in [0, 0.1) is 5.41 Å². The summed E-state index contributed by atoms with van der Waals surface area (Å²) in [5, 5.41) is 0. The first-order valence-corrected chi connectivity index (χ1v) is 9.82. The molecule has 1 aromatic rings. The second-order valence-electron chi connectivity index (χ2n) is 8.16. The predicted octanol–water partition coefficient (Wildman–Crippen LogP) is 3.02.